The Balaban J connectivity index is 1.89. The summed E-state index contributed by atoms with van der Waals surface area (Å²) in [5.74, 6) is 0.627. The summed E-state index contributed by atoms with van der Waals surface area (Å²) in [5, 5.41) is 14.2. The van der Waals surface area contributed by atoms with Gasteiger partial charge in [-0.1, -0.05) is 18.9 Å². The minimum absolute atomic E-state index is 0.436. The average Bonchev–Trinajstić information content (AvgIpc) is 2.75. The molecule has 5 nitrogen and oxygen atoms in total. The molecule has 0 saturated heterocycles. The van der Waals surface area contributed by atoms with E-state index in [0.717, 1.165) is 6.42 Å². The van der Waals surface area contributed by atoms with Gasteiger partial charge in [0.2, 0.25) is 5.89 Å². The summed E-state index contributed by atoms with van der Waals surface area (Å²) in [6.07, 6.45) is 3.59. The van der Waals surface area contributed by atoms with Crippen molar-refractivity contribution in [3.63, 3.8) is 0 Å². The molecule has 1 aromatic heterocycles. The second kappa shape index (κ2) is 4.41. The van der Waals surface area contributed by atoms with Crippen molar-refractivity contribution < 1.29 is 4.42 Å². The van der Waals surface area contributed by atoms with E-state index in [2.05, 4.69) is 34.7 Å². The van der Waals surface area contributed by atoms with Crippen LogP contribution in [0.1, 0.15) is 39.0 Å². The number of hydrogen-bond acceptors (Lipinski definition) is 5. The number of anilines is 1. The Labute approximate surface area is 96.0 Å². The zero-order chi connectivity index (χ0) is 11.6. The van der Waals surface area contributed by atoms with E-state index in [1.54, 1.807) is 0 Å². The Kier molecular flexibility index (Phi) is 3.14. The molecule has 1 fully saturated rings. The highest BCUT2D eigenvalue weighted by Crippen LogP contribution is 2.38. The molecule has 1 saturated carbocycles. The molecule has 5 heteroatoms. The summed E-state index contributed by atoms with van der Waals surface area (Å²) < 4.78 is 5.46. The highest BCUT2D eigenvalue weighted by atomic mass is 16.4. The smallest absolute Gasteiger partial charge is 0.315 e. The molecule has 2 rings (SSSR count). The van der Waals surface area contributed by atoms with Crippen molar-refractivity contribution in [2.24, 2.45) is 5.41 Å². The maximum Gasteiger partial charge on any atom is 0.315 e. The van der Waals surface area contributed by atoms with Crippen LogP contribution >= 0.6 is 0 Å². The Morgan fingerprint density at radius 3 is 2.88 bits per heavy atom. The van der Waals surface area contributed by atoms with E-state index in [4.69, 9.17) is 4.42 Å². The topological polar surface area (TPSA) is 63.0 Å². The molecule has 1 atom stereocenters. The molecule has 90 valence electrons. The molecule has 1 aliphatic carbocycles. The quantitative estimate of drug-likeness (QED) is 0.816. The van der Waals surface area contributed by atoms with Gasteiger partial charge < -0.3 is 15.1 Å². The normalized spacial score (nSPS) is 23.6. The molecule has 2 N–H and O–H groups in total. The van der Waals surface area contributed by atoms with E-state index in [9.17, 15) is 0 Å². The maximum atomic E-state index is 5.46. The van der Waals surface area contributed by atoms with Crippen LogP contribution in [0.25, 0.3) is 0 Å². The van der Waals surface area contributed by atoms with Crippen molar-refractivity contribution in [3.8, 4) is 0 Å². The highest BCUT2D eigenvalue weighted by Gasteiger charge is 2.31. The van der Waals surface area contributed by atoms with Gasteiger partial charge in [-0.3, -0.25) is 0 Å². The lowest BCUT2D eigenvalue weighted by atomic mass is 9.92. The molecule has 0 aliphatic heterocycles. The molecule has 0 radical (unpaired) electrons. The maximum absolute atomic E-state index is 5.46. The summed E-state index contributed by atoms with van der Waals surface area (Å²) in [4.78, 5) is 0. The van der Waals surface area contributed by atoms with E-state index in [0.29, 0.717) is 29.9 Å². The molecule has 1 aliphatic rings. The summed E-state index contributed by atoms with van der Waals surface area (Å²) in [6, 6.07) is 1.02. The third-order valence-corrected chi connectivity index (χ3v) is 3.09. The van der Waals surface area contributed by atoms with Crippen LogP contribution in [0.2, 0.25) is 0 Å². The lowest BCUT2D eigenvalue weighted by Gasteiger charge is -2.16. The summed E-state index contributed by atoms with van der Waals surface area (Å²) in [7, 11) is 1.86. The number of aromatic nitrogens is 2. The van der Waals surface area contributed by atoms with Gasteiger partial charge in [0, 0.05) is 6.04 Å². The van der Waals surface area contributed by atoms with Gasteiger partial charge in [-0.15, -0.1) is 5.10 Å². The molecular formula is C11H20N4O. The third-order valence-electron chi connectivity index (χ3n) is 3.09. The van der Waals surface area contributed by atoms with Crippen molar-refractivity contribution in [2.45, 2.75) is 45.7 Å². The van der Waals surface area contributed by atoms with Crippen molar-refractivity contribution in [2.75, 3.05) is 12.4 Å². The number of nitrogens with zero attached hydrogens (tertiary/aromatic N) is 2. The highest BCUT2D eigenvalue weighted by molar-refractivity contribution is 5.20. The van der Waals surface area contributed by atoms with Gasteiger partial charge in [-0.2, -0.15) is 0 Å². The van der Waals surface area contributed by atoms with E-state index in [-0.39, 0.29) is 0 Å². The van der Waals surface area contributed by atoms with Crippen LogP contribution in [0.5, 0.6) is 0 Å². The van der Waals surface area contributed by atoms with Crippen LogP contribution in [0.15, 0.2) is 4.42 Å². The predicted octanol–water partition coefficient (Wildman–Crippen LogP) is 1.78. The van der Waals surface area contributed by atoms with Crippen LogP contribution < -0.4 is 10.6 Å². The van der Waals surface area contributed by atoms with Crippen LogP contribution in [0.3, 0.4) is 0 Å². The fourth-order valence-electron chi connectivity index (χ4n) is 2.27. The van der Waals surface area contributed by atoms with Gasteiger partial charge in [-0.25, -0.2) is 0 Å². The largest absolute Gasteiger partial charge is 0.407 e. The lowest BCUT2D eigenvalue weighted by molar-refractivity contribution is 0.377. The van der Waals surface area contributed by atoms with Gasteiger partial charge >= 0.3 is 6.01 Å². The van der Waals surface area contributed by atoms with Gasteiger partial charge in [0.15, 0.2) is 0 Å². The van der Waals surface area contributed by atoms with Crippen molar-refractivity contribution in [1.82, 2.24) is 15.5 Å². The van der Waals surface area contributed by atoms with E-state index < -0.39 is 0 Å². The average molecular weight is 224 g/mol. The molecule has 0 spiro atoms. The second-order valence-corrected chi connectivity index (χ2v) is 5.28. The summed E-state index contributed by atoms with van der Waals surface area (Å²) in [6.45, 7) is 5.22. The second-order valence-electron chi connectivity index (χ2n) is 5.28. The summed E-state index contributed by atoms with van der Waals surface area (Å²) in [5.41, 5.74) is 0.436. The standard InChI is InChI=1S/C11H20N4O/c1-11(2)5-4-8(6-11)13-10-15-14-9(16-10)7-12-3/h8,12H,4-7H2,1-3H3,(H,13,15). The molecule has 1 unspecified atom stereocenters. The zero-order valence-electron chi connectivity index (χ0n) is 10.2. The first-order valence-corrected chi connectivity index (χ1v) is 5.82. The van der Waals surface area contributed by atoms with Gasteiger partial charge in [0.25, 0.3) is 0 Å². The van der Waals surface area contributed by atoms with Crippen molar-refractivity contribution in [1.29, 1.82) is 0 Å². The Morgan fingerprint density at radius 2 is 2.25 bits per heavy atom. The Morgan fingerprint density at radius 1 is 1.44 bits per heavy atom. The molecule has 1 heterocycles. The molecule has 1 aromatic rings. The van der Waals surface area contributed by atoms with Crippen molar-refractivity contribution >= 4 is 6.01 Å². The number of rotatable bonds is 4. The lowest BCUT2D eigenvalue weighted by Crippen LogP contribution is -2.17. The monoisotopic (exact) mass is 224 g/mol. The Bertz CT molecular complexity index is 348. The van der Waals surface area contributed by atoms with Crippen LogP contribution in [-0.2, 0) is 6.54 Å². The van der Waals surface area contributed by atoms with E-state index in [1.165, 1.54) is 12.8 Å². The van der Waals surface area contributed by atoms with Gasteiger partial charge in [-0.05, 0) is 31.7 Å². The number of hydrogen-bond donors (Lipinski definition) is 2. The van der Waals surface area contributed by atoms with Crippen molar-refractivity contribution in [3.05, 3.63) is 5.89 Å². The first kappa shape index (κ1) is 11.4. The minimum atomic E-state index is 0.436. The van der Waals surface area contributed by atoms with Gasteiger partial charge in [0.1, 0.15) is 0 Å². The zero-order valence-corrected chi connectivity index (χ0v) is 10.2. The van der Waals surface area contributed by atoms with Crippen LogP contribution in [-0.4, -0.2) is 23.3 Å². The Hall–Kier alpha value is -1.10. The number of nitrogens with one attached hydrogen (secondary N) is 2. The molecular weight excluding hydrogens is 204 g/mol. The van der Waals surface area contributed by atoms with E-state index in [1.807, 2.05) is 7.05 Å². The molecule has 0 bridgehead atoms. The fraction of sp³-hybridized carbons (Fsp3) is 0.818. The third kappa shape index (κ3) is 2.72. The minimum Gasteiger partial charge on any atom is -0.407 e. The predicted molar refractivity (Wildman–Crippen MR) is 62.1 cm³/mol. The molecule has 0 amide bonds. The first-order chi connectivity index (χ1) is 7.59. The molecule has 0 aromatic carbocycles. The fourth-order valence-corrected chi connectivity index (χ4v) is 2.27. The first-order valence-electron chi connectivity index (χ1n) is 5.82. The summed E-state index contributed by atoms with van der Waals surface area (Å²) >= 11 is 0. The molecule has 16 heavy (non-hydrogen) atoms. The van der Waals surface area contributed by atoms with Crippen LogP contribution in [0.4, 0.5) is 6.01 Å². The van der Waals surface area contributed by atoms with E-state index >= 15 is 0 Å². The van der Waals surface area contributed by atoms with Crippen LogP contribution in [0, 0.1) is 5.41 Å². The SMILES string of the molecule is CNCc1nnc(NC2CCC(C)(C)C2)o1. The van der Waals surface area contributed by atoms with Gasteiger partial charge in [0.05, 0.1) is 6.54 Å².